The van der Waals surface area contributed by atoms with E-state index in [0.29, 0.717) is 19.9 Å². The van der Waals surface area contributed by atoms with Crippen molar-refractivity contribution in [1.82, 2.24) is 9.88 Å². The molecule has 6 heteroatoms. The number of hydrogen-bond acceptors (Lipinski definition) is 4. The number of thioether (sulfide) groups is 1. The highest BCUT2D eigenvalue weighted by molar-refractivity contribution is 8.26. The molecule has 1 fully saturated rings. The topological polar surface area (TPSA) is 33.2 Å². The van der Waals surface area contributed by atoms with Gasteiger partial charge in [-0.05, 0) is 30.7 Å². The summed E-state index contributed by atoms with van der Waals surface area (Å²) in [7, 11) is 0. The van der Waals surface area contributed by atoms with Gasteiger partial charge < -0.3 is 0 Å². The average Bonchev–Trinajstić information content (AvgIpc) is 2.95. The monoisotopic (exact) mass is 410 g/mol. The van der Waals surface area contributed by atoms with E-state index in [9.17, 15) is 4.79 Å². The van der Waals surface area contributed by atoms with Crippen LogP contribution in [0, 0.1) is 0 Å². The summed E-state index contributed by atoms with van der Waals surface area (Å²) in [6, 6.07) is 19.2. The predicted molar refractivity (Wildman–Crippen MR) is 117 cm³/mol. The Hall–Kier alpha value is -2.21. The smallest absolute Gasteiger partial charge is 0.266 e. The lowest BCUT2D eigenvalue weighted by Crippen LogP contribution is -2.30. The molecular formula is C21H15ClN2OS2. The molecule has 1 amide bonds. The number of nitrogens with zero attached hydrogens (tertiary/aromatic N) is 2. The molecule has 1 saturated heterocycles. The van der Waals surface area contributed by atoms with E-state index in [4.69, 9.17) is 23.8 Å². The van der Waals surface area contributed by atoms with Crippen LogP contribution in [0.4, 0.5) is 0 Å². The van der Waals surface area contributed by atoms with Gasteiger partial charge in [-0.1, -0.05) is 84.1 Å². The van der Waals surface area contributed by atoms with Crippen molar-refractivity contribution in [2.45, 2.75) is 13.0 Å². The third-order valence-electron chi connectivity index (χ3n) is 4.46. The summed E-state index contributed by atoms with van der Waals surface area (Å²) in [5, 5.41) is 1.50. The number of thiocarbonyl (C=S) groups is 1. The number of halogens is 1. The van der Waals surface area contributed by atoms with Crippen molar-refractivity contribution in [1.29, 1.82) is 0 Å². The zero-order valence-electron chi connectivity index (χ0n) is 14.4. The van der Waals surface area contributed by atoms with Gasteiger partial charge in [-0.2, -0.15) is 0 Å². The Balaban J connectivity index is 1.67. The van der Waals surface area contributed by atoms with Crippen LogP contribution in [0.2, 0.25) is 5.02 Å². The van der Waals surface area contributed by atoms with Crippen molar-refractivity contribution in [3.8, 4) is 0 Å². The van der Waals surface area contributed by atoms with E-state index in [1.165, 1.54) is 11.8 Å². The van der Waals surface area contributed by atoms with E-state index >= 15 is 0 Å². The molecule has 27 heavy (non-hydrogen) atoms. The summed E-state index contributed by atoms with van der Waals surface area (Å²) < 4.78 is 0.550. The maximum absolute atomic E-state index is 13.0. The van der Waals surface area contributed by atoms with Crippen LogP contribution in [0.5, 0.6) is 0 Å². The van der Waals surface area contributed by atoms with Crippen LogP contribution >= 0.6 is 35.6 Å². The number of para-hydroxylation sites is 1. The van der Waals surface area contributed by atoms with Gasteiger partial charge in [-0.3, -0.25) is 9.69 Å². The van der Waals surface area contributed by atoms with Gasteiger partial charge in [0, 0.05) is 5.39 Å². The first-order valence-electron chi connectivity index (χ1n) is 8.42. The van der Waals surface area contributed by atoms with E-state index in [-0.39, 0.29) is 11.9 Å². The molecule has 1 atom stereocenters. The molecule has 134 valence electrons. The third kappa shape index (κ3) is 3.50. The second kappa shape index (κ2) is 7.43. The zero-order valence-corrected chi connectivity index (χ0v) is 16.8. The maximum atomic E-state index is 13.0. The summed E-state index contributed by atoms with van der Waals surface area (Å²) in [5.74, 6) is -0.104. The summed E-state index contributed by atoms with van der Waals surface area (Å²) >= 11 is 13.1. The van der Waals surface area contributed by atoms with Crippen molar-refractivity contribution in [3.05, 3.63) is 81.8 Å². The van der Waals surface area contributed by atoms with Gasteiger partial charge in [0.25, 0.3) is 5.91 Å². The van der Waals surface area contributed by atoms with Gasteiger partial charge in [-0.25, -0.2) is 4.98 Å². The molecule has 0 radical (unpaired) electrons. The zero-order chi connectivity index (χ0) is 19.0. The molecular weight excluding hydrogens is 396 g/mol. The molecule has 0 saturated carbocycles. The lowest BCUT2D eigenvalue weighted by molar-refractivity contribution is -0.123. The molecule has 3 aromatic rings. The van der Waals surface area contributed by atoms with E-state index < -0.39 is 0 Å². The van der Waals surface area contributed by atoms with Crippen molar-refractivity contribution in [3.63, 3.8) is 0 Å². The highest BCUT2D eigenvalue weighted by atomic mass is 35.5. The fourth-order valence-corrected chi connectivity index (χ4v) is 4.73. The minimum absolute atomic E-state index is 0.104. The van der Waals surface area contributed by atoms with E-state index in [1.54, 1.807) is 17.0 Å². The lowest BCUT2D eigenvalue weighted by Gasteiger charge is -2.23. The summed E-state index contributed by atoms with van der Waals surface area (Å²) in [4.78, 5) is 19.8. The van der Waals surface area contributed by atoms with E-state index in [0.717, 1.165) is 16.5 Å². The number of carbonyl (C=O) groups excluding carboxylic acids is 1. The van der Waals surface area contributed by atoms with Gasteiger partial charge in [-0.15, -0.1) is 0 Å². The van der Waals surface area contributed by atoms with Crippen LogP contribution in [0.3, 0.4) is 0 Å². The molecule has 1 aliphatic rings. The molecule has 1 aliphatic heterocycles. The standard InChI is InChI=1S/C21H15ClN2OS2/c1-13(14-7-3-2-4-8-14)24-20(25)19(27-21(24)26)12-15-11-17(22)16-9-5-6-10-18(16)23-15/h2-13H,1H3/b19-12-. The average molecular weight is 411 g/mol. The lowest BCUT2D eigenvalue weighted by atomic mass is 10.1. The largest absolute Gasteiger partial charge is 0.286 e. The van der Waals surface area contributed by atoms with Crippen LogP contribution in [-0.4, -0.2) is 20.1 Å². The normalized spacial score (nSPS) is 17.1. The summed E-state index contributed by atoms with van der Waals surface area (Å²) in [6.45, 7) is 1.98. The highest BCUT2D eigenvalue weighted by Gasteiger charge is 2.36. The number of fused-ring (bicyclic) bond motifs is 1. The van der Waals surface area contributed by atoms with Gasteiger partial charge in [0.05, 0.1) is 27.2 Å². The quantitative estimate of drug-likeness (QED) is 0.400. The minimum Gasteiger partial charge on any atom is -0.286 e. The Bertz CT molecular complexity index is 1080. The number of hydrogen-bond donors (Lipinski definition) is 0. The van der Waals surface area contributed by atoms with Crippen molar-refractivity contribution in [2.24, 2.45) is 0 Å². The van der Waals surface area contributed by atoms with Gasteiger partial charge in [0.15, 0.2) is 0 Å². The van der Waals surface area contributed by atoms with Crippen LogP contribution in [-0.2, 0) is 4.79 Å². The van der Waals surface area contributed by atoms with Crippen molar-refractivity contribution in [2.75, 3.05) is 0 Å². The minimum atomic E-state index is -0.127. The highest BCUT2D eigenvalue weighted by Crippen LogP contribution is 2.38. The van der Waals surface area contributed by atoms with Gasteiger partial charge in [0.2, 0.25) is 0 Å². The molecule has 2 aromatic carbocycles. The fraction of sp³-hybridized carbons (Fsp3) is 0.0952. The Kier molecular flexibility index (Phi) is 5.00. The molecule has 2 heterocycles. The fourth-order valence-electron chi connectivity index (χ4n) is 3.05. The second-order valence-corrected chi connectivity index (χ2v) is 8.27. The Labute approximate surface area is 172 Å². The molecule has 0 spiro atoms. The van der Waals surface area contributed by atoms with Crippen LogP contribution in [0.1, 0.15) is 24.2 Å². The maximum Gasteiger partial charge on any atom is 0.266 e. The van der Waals surface area contributed by atoms with E-state index in [2.05, 4.69) is 4.98 Å². The SMILES string of the molecule is CC(c1ccccc1)N1C(=O)/C(=C/c2cc(Cl)c3ccccc3n2)SC1=S. The molecule has 0 bridgehead atoms. The number of pyridine rings is 1. The number of aromatic nitrogens is 1. The Morgan fingerprint density at radius 2 is 1.85 bits per heavy atom. The van der Waals surface area contributed by atoms with Crippen molar-refractivity contribution >= 4 is 62.8 Å². The van der Waals surface area contributed by atoms with Gasteiger partial charge >= 0.3 is 0 Å². The summed E-state index contributed by atoms with van der Waals surface area (Å²) in [6.07, 6.45) is 1.76. The Morgan fingerprint density at radius 1 is 1.15 bits per heavy atom. The molecule has 3 nitrogen and oxygen atoms in total. The van der Waals surface area contributed by atoms with E-state index in [1.807, 2.05) is 61.5 Å². The van der Waals surface area contributed by atoms with Crippen LogP contribution < -0.4 is 0 Å². The van der Waals surface area contributed by atoms with Gasteiger partial charge in [0.1, 0.15) is 4.32 Å². The predicted octanol–water partition coefficient (Wildman–Crippen LogP) is 5.85. The first-order valence-corrected chi connectivity index (χ1v) is 10.0. The molecule has 4 rings (SSSR count). The van der Waals surface area contributed by atoms with Crippen LogP contribution in [0.25, 0.3) is 17.0 Å². The number of rotatable bonds is 3. The summed E-state index contributed by atoms with van der Waals surface area (Å²) in [5.41, 5.74) is 2.48. The number of amides is 1. The van der Waals surface area contributed by atoms with Crippen molar-refractivity contribution < 1.29 is 4.79 Å². The molecule has 0 aliphatic carbocycles. The second-order valence-electron chi connectivity index (χ2n) is 6.18. The van der Waals surface area contributed by atoms with Crippen LogP contribution in [0.15, 0.2) is 65.6 Å². The molecule has 0 N–H and O–H groups in total. The first-order chi connectivity index (χ1) is 13.0. The number of carbonyl (C=O) groups is 1. The first kappa shape index (κ1) is 18.2. The molecule has 1 unspecified atom stereocenters. The molecule has 1 aromatic heterocycles. The third-order valence-corrected chi connectivity index (χ3v) is 6.10. The number of benzene rings is 2. The Morgan fingerprint density at radius 3 is 2.63 bits per heavy atom.